The highest BCUT2D eigenvalue weighted by atomic mass is 35.5. The predicted molar refractivity (Wildman–Crippen MR) is 156 cm³/mol. The largest absolute Gasteiger partial charge is 0.218 e. The van der Waals surface area contributed by atoms with E-state index in [1.807, 2.05) is 35.0 Å². The van der Waals surface area contributed by atoms with E-state index in [9.17, 15) is 0 Å². The van der Waals surface area contributed by atoms with Crippen LogP contribution in [0.15, 0.2) is 119 Å². The molecule has 0 N–H and O–H groups in total. The molecule has 182 valence electrons. The summed E-state index contributed by atoms with van der Waals surface area (Å²) in [5.74, 6) is 0. The molecule has 0 spiro atoms. The molecule has 1 aromatic heterocycles. The molecule has 37 heavy (non-hydrogen) atoms. The first-order valence-corrected chi connectivity index (χ1v) is 13.8. The number of fused-ring (bicyclic) bond motifs is 1. The third kappa shape index (κ3) is 5.08. The lowest BCUT2D eigenvalue weighted by atomic mass is 10.0. The van der Waals surface area contributed by atoms with Crippen LogP contribution in [-0.4, -0.2) is 10.4 Å². The van der Waals surface area contributed by atoms with Crippen LogP contribution in [0.3, 0.4) is 0 Å². The molecule has 0 amide bonds. The SMILES string of the molecule is Clc1ccccc1N=c1scc(-c2ccc(-c3ccccc3)cc2)n1/N=C1/CCCCc2ccccc21. The van der Waals surface area contributed by atoms with Crippen LogP contribution in [-0.2, 0) is 6.42 Å². The molecule has 0 radical (unpaired) electrons. The topological polar surface area (TPSA) is 29.6 Å². The second kappa shape index (κ2) is 10.7. The lowest BCUT2D eigenvalue weighted by molar-refractivity contribution is 0.768. The predicted octanol–water partition coefficient (Wildman–Crippen LogP) is 8.75. The molecule has 0 unspecified atom stereocenters. The summed E-state index contributed by atoms with van der Waals surface area (Å²) in [6.45, 7) is 0. The van der Waals surface area contributed by atoms with E-state index in [0.29, 0.717) is 5.02 Å². The molecule has 1 aliphatic rings. The number of hydrogen-bond donors (Lipinski definition) is 0. The highest BCUT2D eigenvalue weighted by molar-refractivity contribution is 7.07. The first kappa shape index (κ1) is 23.7. The molecule has 5 heteroatoms. The number of aromatic nitrogens is 1. The number of rotatable bonds is 4. The smallest absolute Gasteiger partial charge is 0.211 e. The number of hydrogen-bond acceptors (Lipinski definition) is 3. The number of halogens is 1. The number of thiazole rings is 1. The molecule has 3 nitrogen and oxygen atoms in total. The summed E-state index contributed by atoms with van der Waals surface area (Å²) in [5, 5.41) is 8.04. The Bertz CT molecular complexity index is 1630. The van der Waals surface area contributed by atoms with Crippen LogP contribution in [0.4, 0.5) is 5.69 Å². The molecule has 6 rings (SSSR count). The van der Waals surface area contributed by atoms with Crippen molar-refractivity contribution >= 4 is 34.3 Å². The highest BCUT2D eigenvalue weighted by Crippen LogP contribution is 2.28. The van der Waals surface area contributed by atoms with Crippen molar-refractivity contribution in [1.29, 1.82) is 0 Å². The molecule has 4 aromatic carbocycles. The van der Waals surface area contributed by atoms with Crippen molar-refractivity contribution in [2.24, 2.45) is 10.1 Å². The Kier molecular flexibility index (Phi) is 6.85. The molecular weight excluding hydrogens is 494 g/mol. The molecule has 0 aliphatic heterocycles. The van der Waals surface area contributed by atoms with Crippen molar-refractivity contribution in [2.75, 3.05) is 0 Å². The molecule has 0 atom stereocenters. The normalized spacial score (nSPS) is 14.9. The van der Waals surface area contributed by atoms with Gasteiger partial charge in [-0.2, -0.15) is 5.10 Å². The molecular formula is C32H26ClN3S. The van der Waals surface area contributed by atoms with Gasteiger partial charge in [0.05, 0.1) is 22.1 Å². The van der Waals surface area contributed by atoms with Gasteiger partial charge in [0.1, 0.15) is 0 Å². The summed E-state index contributed by atoms with van der Waals surface area (Å²) >= 11 is 8.05. The summed E-state index contributed by atoms with van der Waals surface area (Å²) in [7, 11) is 0. The van der Waals surface area contributed by atoms with Crippen LogP contribution in [0.5, 0.6) is 0 Å². The Morgan fingerprint density at radius 3 is 2.19 bits per heavy atom. The van der Waals surface area contributed by atoms with E-state index < -0.39 is 0 Å². The Labute approximate surface area is 226 Å². The molecule has 0 saturated heterocycles. The van der Waals surface area contributed by atoms with Gasteiger partial charge in [-0.3, -0.25) is 0 Å². The average Bonchev–Trinajstić information content (AvgIpc) is 3.22. The maximum Gasteiger partial charge on any atom is 0.211 e. The van der Waals surface area contributed by atoms with Gasteiger partial charge in [-0.15, -0.1) is 11.3 Å². The Hall–Kier alpha value is -3.73. The van der Waals surface area contributed by atoms with Crippen molar-refractivity contribution < 1.29 is 0 Å². The van der Waals surface area contributed by atoms with Crippen LogP contribution in [0.25, 0.3) is 22.4 Å². The van der Waals surface area contributed by atoms with Gasteiger partial charge in [-0.05, 0) is 54.5 Å². The molecule has 1 aliphatic carbocycles. The number of para-hydroxylation sites is 1. The van der Waals surface area contributed by atoms with Crippen LogP contribution >= 0.6 is 22.9 Å². The maximum atomic E-state index is 6.47. The fourth-order valence-electron chi connectivity index (χ4n) is 4.77. The lowest BCUT2D eigenvalue weighted by Crippen LogP contribution is -2.15. The quantitative estimate of drug-likeness (QED) is 0.212. The van der Waals surface area contributed by atoms with E-state index in [1.54, 1.807) is 11.3 Å². The number of nitrogens with zero attached hydrogens (tertiary/aromatic N) is 3. The lowest BCUT2D eigenvalue weighted by Gasteiger charge is -2.10. The molecule has 0 bridgehead atoms. The average molecular weight is 520 g/mol. The summed E-state index contributed by atoms with van der Waals surface area (Å²) < 4.78 is 2.00. The minimum Gasteiger partial charge on any atom is -0.218 e. The second-order valence-corrected chi connectivity index (χ2v) is 10.4. The van der Waals surface area contributed by atoms with E-state index >= 15 is 0 Å². The van der Waals surface area contributed by atoms with Crippen LogP contribution in [0.1, 0.15) is 30.4 Å². The van der Waals surface area contributed by atoms with Crippen molar-refractivity contribution in [2.45, 2.75) is 25.7 Å². The first-order chi connectivity index (χ1) is 18.3. The van der Waals surface area contributed by atoms with E-state index in [1.165, 1.54) is 28.7 Å². The Balaban J connectivity index is 1.51. The fraction of sp³-hybridized carbons (Fsp3) is 0.125. The standard InChI is InChI=1S/C32H26ClN3S/c33-28-15-7-9-17-30(28)34-32-36(35-29-16-8-5-13-25-12-4-6-14-27(25)29)31(22-37-32)26-20-18-24(19-21-26)23-10-2-1-3-11-23/h1-4,6-7,9-12,14-15,17-22H,5,8,13,16H2/b34-32?,35-29-. The third-order valence-corrected chi connectivity index (χ3v) is 7.84. The molecule has 1 heterocycles. The van der Waals surface area contributed by atoms with Gasteiger partial charge in [0.15, 0.2) is 0 Å². The Morgan fingerprint density at radius 2 is 1.35 bits per heavy atom. The van der Waals surface area contributed by atoms with Crippen molar-refractivity contribution in [1.82, 2.24) is 4.68 Å². The number of benzene rings is 4. The van der Waals surface area contributed by atoms with Crippen LogP contribution in [0.2, 0.25) is 5.02 Å². The minimum absolute atomic E-state index is 0.628. The monoisotopic (exact) mass is 519 g/mol. The molecule has 5 aromatic rings. The first-order valence-electron chi connectivity index (χ1n) is 12.6. The molecule has 0 saturated carbocycles. The van der Waals surface area contributed by atoms with E-state index in [-0.39, 0.29) is 0 Å². The second-order valence-electron chi connectivity index (χ2n) is 9.13. The summed E-state index contributed by atoms with van der Waals surface area (Å²) in [6, 6.07) is 35.5. The summed E-state index contributed by atoms with van der Waals surface area (Å²) in [5.41, 5.74) is 8.97. The highest BCUT2D eigenvalue weighted by Gasteiger charge is 2.16. The van der Waals surface area contributed by atoms with E-state index in [4.69, 9.17) is 21.7 Å². The van der Waals surface area contributed by atoms with Gasteiger partial charge in [-0.1, -0.05) is 103 Å². The van der Waals surface area contributed by atoms with Crippen molar-refractivity contribution in [3.05, 3.63) is 129 Å². The Morgan fingerprint density at radius 1 is 0.676 bits per heavy atom. The van der Waals surface area contributed by atoms with E-state index in [0.717, 1.165) is 46.7 Å². The van der Waals surface area contributed by atoms with E-state index in [2.05, 4.69) is 78.2 Å². The van der Waals surface area contributed by atoms with Crippen molar-refractivity contribution in [3.8, 4) is 22.4 Å². The van der Waals surface area contributed by atoms with Gasteiger partial charge >= 0.3 is 0 Å². The van der Waals surface area contributed by atoms with Gasteiger partial charge in [0.25, 0.3) is 0 Å². The zero-order valence-corrected chi connectivity index (χ0v) is 21.9. The maximum absolute atomic E-state index is 6.47. The third-order valence-electron chi connectivity index (χ3n) is 6.70. The summed E-state index contributed by atoms with van der Waals surface area (Å²) in [4.78, 5) is 5.74. The molecule has 0 fully saturated rings. The van der Waals surface area contributed by atoms with Gasteiger partial charge < -0.3 is 0 Å². The van der Waals surface area contributed by atoms with Gasteiger partial charge in [-0.25, -0.2) is 9.67 Å². The van der Waals surface area contributed by atoms with Gasteiger partial charge in [0.2, 0.25) is 4.80 Å². The summed E-state index contributed by atoms with van der Waals surface area (Å²) in [6.07, 6.45) is 4.33. The van der Waals surface area contributed by atoms with Crippen LogP contribution in [0, 0.1) is 0 Å². The zero-order valence-electron chi connectivity index (χ0n) is 20.3. The van der Waals surface area contributed by atoms with Gasteiger partial charge in [0, 0.05) is 16.5 Å². The number of aryl methyl sites for hydroxylation is 1. The minimum atomic E-state index is 0.628. The fourth-order valence-corrected chi connectivity index (χ4v) is 5.79. The van der Waals surface area contributed by atoms with Crippen molar-refractivity contribution in [3.63, 3.8) is 0 Å². The van der Waals surface area contributed by atoms with Crippen LogP contribution < -0.4 is 4.80 Å². The zero-order chi connectivity index (χ0) is 25.0.